The number of aromatic nitrogens is 4. The van der Waals surface area contributed by atoms with Crippen molar-refractivity contribution >= 4 is 11.6 Å². The number of rotatable bonds is 4. The van der Waals surface area contributed by atoms with E-state index in [0.29, 0.717) is 29.6 Å². The van der Waals surface area contributed by atoms with Gasteiger partial charge < -0.3 is 14.4 Å². The van der Waals surface area contributed by atoms with Crippen molar-refractivity contribution in [1.29, 1.82) is 0 Å². The van der Waals surface area contributed by atoms with Gasteiger partial charge in [0.05, 0.1) is 18.4 Å². The molecule has 3 aromatic heterocycles. The highest BCUT2D eigenvalue weighted by atomic mass is 16.5. The second kappa shape index (κ2) is 5.58. The van der Waals surface area contributed by atoms with Crippen LogP contribution < -0.4 is 5.32 Å². The van der Waals surface area contributed by atoms with Crippen LogP contribution in [0.3, 0.4) is 0 Å². The molecule has 0 saturated carbocycles. The Bertz CT molecular complexity index is 748. The molecule has 1 N–H and O–H groups in total. The van der Waals surface area contributed by atoms with Crippen molar-refractivity contribution in [2.75, 3.05) is 5.32 Å². The molecule has 0 spiro atoms. The summed E-state index contributed by atoms with van der Waals surface area (Å²) in [4.78, 5) is 20.4. The Balaban J connectivity index is 1.77. The average molecular weight is 283 g/mol. The molecule has 21 heavy (non-hydrogen) atoms. The predicted molar refractivity (Wildman–Crippen MR) is 74.8 cm³/mol. The number of anilines is 1. The third-order valence-corrected chi connectivity index (χ3v) is 2.86. The lowest BCUT2D eigenvalue weighted by Crippen LogP contribution is -2.17. The fourth-order valence-electron chi connectivity index (χ4n) is 1.95. The molecule has 0 aliphatic heterocycles. The second-order valence-corrected chi connectivity index (χ2v) is 4.45. The van der Waals surface area contributed by atoms with E-state index in [4.69, 9.17) is 4.52 Å². The first-order valence-corrected chi connectivity index (χ1v) is 6.38. The van der Waals surface area contributed by atoms with Crippen molar-refractivity contribution in [3.63, 3.8) is 0 Å². The van der Waals surface area contributed by atoms with Crippen LogP contribution in [0.4, 0.5) is 5.69 Å². The topological polar surface area (TPSA) is 85.8 Å². The van der Waals surface area contributed by atoms with Crippen molar-refractivity contribution in [3.05, 3.63) is 60.3 Å². The van der Waals surface area contributed by atoms with Gasteiger partial charge in [0.25, 0.3) is 5.91 Å². The van der Waals surface area contributed by atoms with Gasteiger partial charge in [0.1, 0.15) is 5.69 Å². The van der Waals surface area contributed by atoms with Crippen molar-refractivity contribution < 1.29 is 9.32 Å². The summed E-state index contributed by atoms with van der Waals surface area (Å²) in [5.74, 6) is 0.811. The Kier molecular flexibility index (Phi) is 3.46. The van der Waals surface area contributed by atoms with Crippen molar-refractivity contribution in [3.8, 4) is 0 Å². The molecule has 0 saturated heterocycles. The summed E-state index contributed by atoms with van der Waals surface area (Å²) in [6.07, 6.45) is 5.04. The third-order valence-electron chi connectivity index (χ3n) is 2.86. The highest BCUT2D eigenvalue weighted by Gasteiger charge is 2.13. The van der Waals surface area contributed by atoms with Crippen LogP contribution in [-0.2, 0) is 6.54 Å². The first-order valence-electron chi connectivity index (χ1n) is 6.38. The fraction of sp³-hybridized carbons (Fsp3) is 0.143. The Labute approximate surface area is 120 Å². The lowest BCUT2D eigenvalue weighted by atomic mass is 10.3. The zero-order valence-corrected chi connectivity index (χ0v) is 11.4. The van der Waals surface area contributed by atoms with Crippen LogP contribution in [-0.4, -0.2) is 25.6 Å². The minimum atomic E-state index is -0.215. The van der Waals surface area contributed by atoms with E-state index in [1.54, 1.807) is 54.3 Å². The lowest BCUT2D eigenvalue weighted by Gasteiger charge is -2.07. The van der Waals surface area contributed by atoms with Gasteiger partial charge in [-0.3, -0.25) is 9.78 Å². The van der Waals surface area contributed by atoms with Crippen molar-refractivity contribution in [2.24, 2.45) is 0 Å². The summed E-state index contributed by atoms with van der Waals surface area (Å²) >= 11 is 0. The van der Waals surface area contributed by atoms with E-state index in [9.17, 15) is 4.79 Å². The molecule has 0 radical (unpaired) electrons. The van der Waals surface area contributed by atoms with Gasteiger partial charge in [-0.25, -0.2) is 0 Å². The zero-order valence-electron chi connectivity index (χ0n) is 11.4. The first-order chi connectivity index (χ1) is 10.2. The molecule has 0 bridgehead atoms. The molecule has 1 amide bonds. The number of nitrogens with zero attached hydrogens (tertiary/aromatic N) is 4. The maximum atomic E-state index is 12.3. The minimum absolute atomic E-state index is 0.215. The van der Waals surface area contributed by atoms with Gasteiger partial charge in [0, 0.05) is 19.3 Å². The van der Waals surface area contributed by atoms with Crippen LogP contribution in [0.25, 0.3) is 0 Å². The van der Waals surface area contributed by atoms with E-state index in [-0.39, 0.29) is 5.91 Å². The van der Waals surface area contributed by atoms with Gasteiger partial charge in [-0.15, -0.1) is 0 Å². The van der Waals surface area contributed by atoms with Crippen molar-refractivity contribution in [1.82, 2.24) is 19.7 Å². The van der Waals surface area contributed by atoms with E-state index in [0.717, 1.165) is 0 Å². The number of hydrogen-bond donors (Lipinski definition) is 1. The Morgan fingerprint density at radius 3 is 3.00 bits per heavy atom. The second-order valence-electron chi connectivity index (χ2n) is 4.45. The molecule has 3 rings (SSSR count). The van der Waals surface area contributed by atoms with Crippen LogP contribution >= 0.6 is 0 Å². The number of amides is 1. The molecule has 7 heteroatoms. The largest absolute Gasteiger partial charge is 0.340 e. The molecule has 3 aromatic rings. The van der Waals surface area contributed by atoms with Gasteiger partial charge in [0.15, 0.2) is 5.82 Å². The summed E-state index contributed by atoms with van der Waals surface area (Å²) in [6.45, 7) is 2.10. The van der Waals surface area contributed by atoms with Crippen LogP contribution in [0.15, 0.2) is 47.4 Å². The van der Waals surface area contributed by atoms with Crippen LogP contribution in [0.5, 0.6) is 0 Å². The zero-order chi connectivity index (χ0) is 14.7. The lowest BCUT2D eigenvalue weighted by molar-refractivity contribution is 0.101. The highest BCUT2D eigenvalue weighted by molar-refractivity contribution is 6.03. The van der Waals surface area contributed by atoms with Gasteiger partial charge in [0.2, 0.25) is 5.89 Å². The molecule has 3 heterocycles. The Hall–Kier alpha value is -2.96. The van der Waals surface area contributed by atoms with Crippen molar-refractivity contribution in [2.45, 2.75) is 13.5 Å². The molecular weight excluding hydrogens is 270 g/mol. The molecule has 0 aliphatic rings. The van der Waals surface area contributed by atoms with Gasteiger partial charge in [-0.1, -0.05) is 5.16 Å². The van der Waals surface area contributed by atoms with Gasteiger partial charge in [-0.2, -0.15) is 4.98 Å². The first kappa shape index (κ1) is 13.0. The molecule has 0 aromatic carbocycles. The predicted octanol–water partition coefficient (Wildman–Crippen LogP) is 1.88. The standard InChI is InChI=1S/C14H13N5O2/c1-10-16-13(18-21-10)9-19-7-3-5-12(19)14(20)17-11-4-2-6-15-8-11/h2-8H,9H2,1H3,(H,17,20). The number of pyridine rings is 1. The molecule has 0 unspecified atom stereocenters. The number of hydrogen-bond acceptors (Lipinski definition) is 5. The minimum Gasteiger partial charge on any atom is -0.340 e. The third kappa shape index (κ3) is 2.97. The molecule has 106 valence electrons. The van der Waals surface area contributed by atoms with Gasteiger partial charge >= 0.3 is 0 Å². The number of aryl methyl sites for hydroxylation is 1. The molecule has 0 atom stereocenters. The van der Waals surface area contributed by atoms with Crippen LogP contribution in [0.1, 0.15) is 22.2 Å². The van der Waals surface area contributed by atoms with Crippen LogP contribution in [0, 0.1) is 6.92 Å². The maximum absolute atomic E-state index is 12.3. The molecular formula is C14H13N5O2. The summed E-state index contributed by atoms with van der Waals surface area (Å²) < 4.78 is 6.69. The Morgan fingerprint density at radius 1 is 1.38 bits per heavy atom. The van der Waals surface area contributed by atoms with E-state index in [1.807, 2.05) is 0 Å². The van der Waals surface area contributed by atoms with Gasteiger partial charge in [-0.05, 0) is 24.3 Å². The molecule has 0 fully saturated rings. The summed E-state index contributed by atoms with van der Waals surface area (Å²) in [7, 11) is 0. The van der Waals surface area contributed by atoms with Crippen LogP contribution in [0.2, 0.25) is 0 Å². The number of carbonyl (C=O) groups is 1. The monoisotopic (exact) mass is 283 g/mol. The smallest absolute Gasteiger partial charge is 0.272 e. The normalized spacial score (nSPS) is 10.5. The molecule has 7 nitrogen and oxygen atoms in total. The summed E-state index contributed by atoms with van der Waals surface area (Å²) in [5.41, 5.74) is 1.16. The van der Waals surface area contributed by atoms with E-state index < -0.39 is 0 Å². The maximum Gasteiger partial charge on any atom is 0.272 e. The Morgan fingerprint density at radius 2 is 2.29 bits per heavy atom. The molecule has 0 aliphatic carbocycles. The van der Waals surface area contributed by atoms with E-state index in [2.05, 4.69) is 20.4 Å². The summed E-state index contributed by atoms with van der Waals surface area (Å²) in [5, 5.41) is 6.62. The quantitative estimate of drug-likeness (QED) is 0.790. The highest BCUT2D eigenvalue weighted by Crippen LogP contribution is 2.10. The number of nitrogens with one attached hydrogen (secondary N) is 1. The van der Waals surface area contributed by atoms with E-state index >= 15 is 0 Å². The van der Waals surface area contributed by atoms with E-state index in [1.165, 1.54) is 0 Å². The average Bonchev–Trinajstić information content (AvgIpc) is 3.10. The summed E-state index contributed by atoms with van der Waals surface area (Å²) in [6, 6.07) is 7.07. The fourth-order valence-corrected chi connectivity index (χ4v) is 1.95. The SMILES string of the molecule is Cc1nc(Cn2cccc2C(=O)Nc2cccnc2)no1. The number of carbonyl (C=O) groups excluding carboxylic acids is 1.